The summed E-state index contributed by atoms with van der Waals surface area (Å²) in [4.78, 5) is 38.4. The van der Waals surface area contributed by atoms with Crippen molar-refractivity contribution in [3.63, 3.8) is 0 Å². The Morgan fingerprint density at radius 3 is 2.23 bits per heavy atom. The number of esters is 1. The van der Waals surface area contributed by atoms with Crippen LogP contribution in [-0.4, -0.2) is 43.4 Å². The van der Waals surface area contributed by atoms with Crippen LogP contribution in [0.15, 0.2) is 48.5 Å². The molecule has 1 heterocycles. The number of hydrogen-bond donors (Lipinski definition) is 0. The van der Waals surface area contributed by atoms with E-state index in [4.69, 9.17) is 9.47 Å². The molecule has 0 bridgehead atoms. The molecule has 1 aliphatic rings. The smallest absolute Gasteiger partial charge is 0.310 e. The molecule has 0 fully saturated rings. The van der Waals surface area contributed by atoms with Gasteiger partial charge in [-0.3, -0.25) is 19.3 Å². The molecule has 0 saturated carbocycles. The third kappa shape index (κ3) is 3.31. The first-order valence-electron chi connectivity index (χ1n) is 8.21. The lowest BCUT2D eigenvalue weighted by Crippen LogP contribution is -2.38. The summed E-state index contributed by atoms with van der Waals surface area (Å²) in [6.45, 7) is -0.0315. The monoisotopic (exact) mass is 353 g/mol. The SMILES string of the molecule is COC(=O)C(Cc1cccc(OC)c1)CN1C(=O)c2ccccc2C1=O. The van der Waals surface area contributed by atoms with Crippen LogP contribution in [0.1, 0.15) is 26.3 Å². The number of carbonyl (C=O) groups excluding carboxylic acids is 3. The summed E-state index contributed by atoms with van der Waals surface area (Å²) in [6, 6.07) is 14.0. The van der Waals surface area contributed by atoms with Crippen LogP contribution >= 0.6 is 0 Å². The fourth-order valence-electron chi connectivity index (χ4n) is 3.10. The second kappa shape index (κ2) is 7.39. The molecule has 2 aromatic rings. The van der Waals surface area contributed by atoms with E-state index in [1.165, 1.54) is 7.11 Å². The molecule has 0 aliphatic carbocycles. The molecule has 0 N–H and O–H groups in total. The Morgan fingerprint density at radius 1 is 1.00 bits per heavy atom. The number of benzene rings is 2. The van der Waals surface area contributed by atoms with Gasteiger partial charge in [-0.1, -0.05) is 24.3 Å². The molecule has 6 nitrogen and oxygen atoms in total. The van der Waals surface area contributed by atoms with Crippen molar-refractivity contribution in [2.75, 3.05) is 20.8 Å². The van der Waals surface area contributed by atoms with Crippen molar-refractivity contribution in [2.24, 2.45) is 5.92 Å². The first-order valence-corrected chi connectivity index (χ1v) is 8.21. The normalized spacial score (nSPS) is 14.2. The molecule has 3 rings (SSSR count). The predicted molar refractivity (Wildman–Crippen MR) is 94.0 cm³/mol. The number of carbonyl (C=O) groups is 3. The molecule has 2 amide bonds. The van der Waals surface area contributed by atoms with Gasteiger partial charge in [0.1, 0.15) is 5.75 Å². The Balaban J connectivity index is 1.82. The molecule has 1 unspecified atom stereocenters. The minimum Gasteiger partial charge on any atom is -0.497 e. The van der Waals surface area contributed by atoms with E-state index in [1.807, 2.05) is 18.2 Å². The largest absolute Gasteiger partial charge is 0.497 e. The Morgan fingerprint density at radius 2 is 1.65 bits per heavy atom. The van der Waals surface area contributed by atoms with Gasteiger partial charge in [-0.05, 0) is 36.2 Å². The molecule has 0 radical (unpaired) electrons. The maximum Gasteiger partial charge on any atom is 0.310 e. The standard InChI is InChI=1S/C20H19NO5/c1-25-15-7-5-6-13(11-15)10-14(20(24)26-2)12-21-18(22)16-8-3-4-9-17(16)19(21)23/h3-9,11,14H,10,12H2,1-2H3. The molecular formula is C20H19NO5. The van der Waals surface area contributed by atoms with Crippen molar-refractivity contribution in [2.45, 2.75) is 6.42 Å². The molecule has 1 aliphatic heterocycles. The van der Waals surface area contributed by atoms with Crippen molar-refractivity contribution in [3.05, 3.63) is 65.2 Å². The number of ether oxygens (including phenoxy) is 2. The van der Waals surface area contributed by atoms with Gasteiger partial charge in [0.25, 0.3) is 11.8 Å². The van der Waals surface area contributed by atoms with Crippen molar-refractivity contribution in [1.29, 1.82) is 0 Å². The van der Waals surface area contributed by atoms with Crippen LogP contribution < -0.4 is 4.74 Å². The van der Waals surface area contributed by atoms with E-state index in [2.05, 4.69) is 0 Å². The van der Waals surface area contributed by atoms with Crippen LogP contribution in [0.4, 0.5) is 0 Å². The number of imide groups is 1. The highest BCUT2D eigenvalue weighted by molar-refractivity contribution is 6.21. The maximum atomic E-state index is 12.5. The first-order chi connectivity index (χ1) is 12.5. The molecule has 26 heavy (non-hydrogen) atoms. The van der Waals surface area contributed by atoms with E-state index >= 15 is 0 Å². The van der Waals surface area contributed by atoms with Crippen LogP contribution in [0.2, 0.25) is 0 Å². The quantitative estimate of drug-likeness (QED) is 0.589. The predicted octanol–water partition coefficient (Wildman–Crippen LogP) is 2.32. The zero-order valence-electron chi connectivity index (χ0n) is 14.6. The lowest BCUT2D eigenvalue weighted by molar-refractivity contribution is -0.145. The number of fused-ring (bicyclic) bond motifs is 1. The minimum absolute atomic E-state index is 0.0315. The Kier molecular flexibility index (Phi) is 5.02. The molecule has 134 valence electrons. The van der Waals surface area contributed by atoms with E-state index in [1.54, 1.807) is 37.4 Å². The Bertz CT molecular complexity index is 826. The average molecular weight is 353 g/mol. The van der Waals surface area contributed by atoms with Crippen molar-refractivity contribution in [3.8, 4) is 5.75 Å². The lowest BCUT2D eigenvalue weighted by Gasteiger charge is -2.21. The second-order valence-corrected chi connectivity index (χ2v) is 6.04. The van der Waals surface area contributed by atoms with Gasteiger partial charge in [-0.15, -0.1) is 0 Å². The fraction of sp³-hybridized carbons (Fsp3) is 0.250. The fourth-order valence-corrected chi connectivity index (χ4v) is 3.10. The molecule has 1 atom stereocenters. The van der Waals surface area contributed by atoms with Gasteiger partial charge < -0.3 is 9.47 Å². The van der Waals surface area contributed by atoms with Crippen LogP contribution in [0, 0.1) is 5.92 Å². The number of rotatable bonds is 6. The van der Waals surface area contributed by atoms with Crippen molar-refractivity contribution < 1.29 is 23.9 Å². The lowest BCUT2D eigenvalue weighted by atomic mass is 9.98. The molecule has 2 aromatic carbocycles. The van der Waals surface area contributed by atoms with Gasteiger partial charge in [0.05, 0.1) is 31.3 Å². The third-order valence-corrected chi connectivity index (χ3v) is 4.43. The van der Waals surface area contributed by atoms with E-state index < -0.39 is 11.9 Å². The highest BCUT2D eigenvalue weighted by Gasteiger charge is 2.38. The van der Waals surface area contributed by atoms with Gasteiger partial charge in [0.2, 0.25) is 0 Å². The Labute approximate surface area is 151 Å². The summed E-state index contributed by atoms with van der Waals surface area (Å²) in [5.74, 6) is -1.22. The highest BCUT2D eigenvalue weighted by atomic mass is 16.5. The maximum absolute atomic E-state index is 12.5. The topological polar surface area (TPSA) is 72.9 Å². The molecule has 0 saturated heterocycles. The zero-order valence-corrected chi connectivity index (χ0v) is 14.6. The van der Waals surface area contributed by atoms with Gasteiger partial charge in [0.15, 0.2) is 0 Å². The van der Waals surface area contributed by atoms with Gasteiger partial charge in [-0.25, -0.2) is 0 Å². The number of hydrogen-bond acceptors (Lipinski definition) is 5. The van der Waals surface area contributed by atoms with Gasteiger partial charge >= 0.3 is 5.97 Å². The van der Waals surface area contributed by atoms with Gasteiger partial charge in [0, 0.05) is 6.54 Å². The van der Waals surface area contributed by atoms with E-state index in [9.17, 15) is 14.4 Å². The van der Waals surface area contributed by atoms with Crippen LogP contribution in [0.5, 0.6) is 5.75 Å². The third-order valence-electron chi connectivity index (χ3n) is 4.43. The van der Waals surface area contributed by atoms with Crippen molar-refractivity contribution >= 4 is 17.8 Å². The first kappa shape index (κ1) is 17.7. The van der Waals surface area contributed by atoms with Crippen LogP contribution in [-0.2, 0) is 16.0 Å². The summed E-state index contributed by atoms with van der Waals surface area (Å²) in [6.07, 6.45) is 0.331. The molecular weight excluding hydrogens is 334 g/mol. The average Bonchev–Trinajstić information content (AvgIpc) is 2.92. The van der Waals surface area contributed by atoms with E-state index in [0.29, 0.717) is 23.3 Å². The van der Waals surface area contributed by atoms with Gasteiger partial charge in [-0.2, -0.15) is 0 Å². The highest BCUT2D eigenvalue weighted by Crippen LogP contribution is 2.25. The Hall–Kier alpha value is -3.15. The van der Waals surface area contributed by atoms with E-state index in [-0.39, 0.29) is 18.4 Å². The summed E-state index contributed by atoms with van der Waals surface area (Å²) >= 11 is 0. The minimum atomic E-state index is -0.658. The molecule has 0 spiro atoms. The van der Waals surface area contributed by atoms with Crippen LogP contribution in [0.3, 0.4) is 0 Å². The second-order valence-electron chi connectivity index (χ2n) is 6.04. The summed E-state index contributed by atoms with van der Waals surface area (Å²) in [5.41, 5.74) is 1.58. The summed E-state index contributed by atoms with van der Waals surface area (Å²) in [5, 5.41) is 0. The number of nitrogens with zero attached hydrogens (tertiary/aromatic N) is 1. The summed E-state index contributed by atoms with van der Waals surface area (Å²) in [7, 11) is 2.86. The summed E-state index contributed by atoms with van der Waals surface area (Å²) < 4.78 is 10.1. The van der Waals surface area contributed by atoms with E-state index in [0.717, 1.165) is 10.5 Å². The number of methoxy groups -OCH3 is 2. The molecule has 0 aromatic heterocycles. The van der Waals surface area contributed by atoms with Crippen LogP contribution in [0.25, 0.3) is 0 Å². The number of amides is 2. The molecule has 6 heteroatoms. The van der Waals surface area contributed by atoms with Crippen molar-refractivity contribution in [1.82, 2.24) is 4.90 Å². The zero-order chi connectivity index (χ0) is 18.7.